The normalized spacial score (nSPS) is 19.8. The molecule has 0 spiro atoms. The van der Waals surface area contributed by atoms with Crippen molar-refractivity contribution in [2.24, 2.45) is 5.92 Å². The SMILES string of the molecule is CCCCN(C)CC(NC)(C(=O)O)C1CC1. The minimum absolute atomic E-state index is 0.305. The number of likely N-dealkylation sites (N-methyl/N-ethyl adjacent to an activating group) is 2. The average molecular weight is 228 g/mol. The number of carbonyl (C=O) groups is 1. The molecular formula is C12H24N2O2. The van der Waals surface area contributed by atoms with Gasteiger partial charge in [0, 0.05) is 6.54 Å². The largest absolute Gasteiger partial charge is 0.480 e. The Labute approximate surface area is 98.0 Å². The monoisotopic (exact) mass is 228 g/mol. The van der Waals surface area contributed by atoms with Crippen molar-refractivity contribution < 1.29 is 9.90 Å². The predicted molar refractivity (Wildman–Crippen MR) is 64.6 cm³/mol. The Morgan fingerprint density at radius 1 is 1.56 bits per heavy atom. The zero-order chi connectivity index (χ0) is 12.2. The second-order valence-corrected chi connectivity index (χ2v) is 4.89. The van der Waals surface area contributed by atoms with E-state index in [0.29, 0.717) is 12.5 Å². The molecule has 4 heteroatoms. The molecule has 0 aliphatic heterocycles. The lowest BCUT2D eigenvalue weighted by Crippen LogP contribution is -2.59. The second-order valence-electron chi connectivity index (χ2n) is 4.89. The van der Waals surface area contributed by atoms with E-state index in [9.17, 15) is 9.90 Å². The van der Waals surface area contributed by atoms with Gasteiger partial charge in [-0.15, -0.1) is 0 Å². The van der Waals surface area contributed by atoms with Gasteiger partial charge in [-0.3, -0.25) is 4.79 Å². The fourth-order valence-electron chi connectivity index (χ4n) is 2.27. The molecule has 1 fully saturated rings. The summed E-state index contributed by atoms with van der Waals surface area (Å²) in [5.41, 5.74) is -0.734. The first kappa shape index (κ1) is 13.5. The molecule has 2 N–H and O–H groups in total. The molecule has 1 saturated carbocycles. The van der Waals surface area contributed by atoms with Gasteiger partial charge in [0.2, 0.25) is 0 Å². The van der Waals surface area contributed by atoms with Crippen LogP contribution in [0.1, 0.15) is 32.6 Å². The molecule has 1 rings (SSSR count). The summed E-state index contributed by atoms with van der Waals surface area (Å²) in [6.07, 6.45) is 4.34. The van der Waals surface area contributed by atoms with Crippen LogP contribution >= 0.6 is 0 Å². The summed E-state index contributed by atoms with van der Waals surface area (Å²) in [5, 5.41) is 12.5. The number of hydrogen-bond donors (Lipinski definition) is 2. The molecule has 1 aliphatic rings. The quantitative estimate of drug-likeness (QED) is 0.655. The molecule has 1 aliphatic carbocycles. The van der Waals surface area contributed by atoms with Crippen LogP contribution in [0.3, 0.4) is 0 Å². The zero-order valence-corrected chi connectivity index (χ0v) is 10.6. The van der Waals surface area contributed by atoms with Crippen LogP contribution in [0, 0.1) is 5.92 Å². The van der Waals surface area contributed by atoms with E-state index in [4.69, 9.17) is 0 Å². The Kier molecular flexibility index (Phi) is 4.74. The number of aliphatic carboxylic acids is 1. The molecule has 0 amide bonds. The van der Waals surface area contributed by atoms with Crippen LogP contribution in [0.25, 0.3) is 0 Å². The predicted octanol–water partition coefficient (Wildman–Crippen LogP) is 1.17. The summed E-state index contributed by atoms with van der Waals surface area (Å²) >= 11 is 0. The van der Waals surface area contributed by atoms with Gasteiger partial charge < -0.3 is 15.3 Å². The third kappa shape index (κ3) is 2.95. The van der Waals surface area contributed by atoms with E-state index in [1.165, 1.54) is 0 Å². The van der Waals surface area contributed by atoms with E-state index in [-0.39, 0.29) is 0 Å². The highest BCUT2D eigenvalue weighted by Crippen LogP contribution is 2.40. The van der Waals surface area contributed by atoms with E-state index >= 15 is 0 Å². The Bertz CT molecular complexity index is 241. The summed E-state index contributed by atoms with van der Waals surface area (Å²) in [4.78, 5) is 13.6. The highest BCUT2D eigenvalue weighted by molar-refractivity contribution is 5.80. The van der Waals surface area contributed by atoms with Crippen LogP contribution < -0.4 is 5.32 Å². The lowest BCUT2D eigenvalue weighted by atomic mass is 9.92. The number of nitrogens with zero attached hydrogens (tertiary/aromatic N) is 1. The van der Waals surface area contributed by atoms with Gasteiger partial charge in [0.05, 0.1) is 0 Å². The smallest absolute Gasteiger partial charge is 0.325 e. The second kappa shape index (κ2) is 5.64. The van der Waals surface area contributed by atoms with Crippen molar-refractivity contribution in [1.29, 1.82) is 0 Å². The molecule has 0 bridgehead atoms. The van der Waals surface area contributed by atoms with E-state index < -0.39 is 11.5 Å². The highest BCUT2D eigenvalue weighted by Gasteiger charge is 2.50. The Balaban J connectivity index is 2.59. The van der Waals surface area contributed by atoms with Gasteiger partial charge in [-0.05, 0) is 45.8 Å². The van der Waals surface area contributed by atoms with Gasteiger partial charge in [-0.2, -0.15) is 0 Å². The maximum absolute atomic E-state index is 11.5. The lowest BCUT2D eigenvalue weighted by Gasteiger charge is -2.33. The standard InChI is InChI=1S/C12H24N2O2/c1-4-5-8-14(3)9-12(13-2,11(15)16)10-6-7-10/h10,13H,4-9H2,1-3H3,(H,15,16). The Morgan fingerprint density at radius 3 is 2.56 bits per heavy atom. The van der Waals surface area contributed by atoms with E-state index in [1.807, 2.05) is 7.05 Å². The van der Waals surface area contributed by atoms with Gasteiger partial charge in [0.1, 0.15) is 5.54 Å². The maximum Gasteiger partial charge on any atom is 0.325 e. The van der Waals surface area contributed by atoms with E-state index in [1.54, 1.807) is 7.05 Å². The first-order chi connectivity index (χ1) is 7.56. The minimum atomic E-state index is -0.734. The first-order valence-electron chi connectivity index (χ1n) is 6.17. The van der Waals surface area contributed by atoms with Crippen molar-refractivity contribution in [1.82, 2.24) is 10.2 Å². The third-order valence-corrected chi connectivity index (χ3v) is 3.51. The Hall–Kier alpha value is -0.610. The molecule has 0 radical (unpaired) electrons. The summed E-state index contributed by atoms with van der Waals surface area (Å²) in [6, 6.07) is 0. The van der Waals surface area contributed by atoms with Crippen molar-refractivity contribution >= 4 is 5.97 Å². The molecular weight excluding hydrogens is 204 g/mol. The molecule has 0 aromatic heterocycles. The lowest BCUT2D eigenvalue weighted by molar-refractivity contribution is -0.146. The van der Waals surface area contributed by atoms with Crippen molar-refractivity contribution in [3.63, 3.8) is 0 Å². The molecule has 0 aromatic carbocycles. The number of carboxylic acid groups (broad SMARTS) is 1. The van der Waals surface area contributed by atoms with Gasteiger partial charge in [-0.25, -0.2) is 0 Å². The van der Waals surface area contributed by atoms with Crippen LogP contribution in [0.2, 0.25) is 0 Å². The maximum atomic E-state index is 11.5. The van der Waals surface area contributed by atoms with Gasteiger partial charge in [0.15, 0.2) is 0 Å². The van der Waals surface area contributed by atoms with Crippen LogP contribution in [0.5, 0.6) is 0 Å². The fraction of sp³-hybridized carbons (Fsp3) is 0.917. The van der Waals surface area contributed by atoms with Gasteiger partial charge in [0.25, 0.3) is 0 Å². The summed E-state index contributed by atoms with van der Waals surface area (Å²) in [6.45, 7) is 3.72. The highest BCUT2D eigenvalue weighted by atomic mass is 16.4. The first-order valence-corrected chi connectivity index (χ1v) is 6.17. The molecule has 0 heterocycles. The van der Waals surface area contributed by atoms with Crippen molar-refractivity contribution in [3.05, 3.63) is 0 Å². The summed E-state index contributed by atoms with van der Waals surface area (Å²) in [7, 11) is 3.77. The third-order valence-electron chi connectivity index (χ3n) is 3.51. The summed E-state index contributed by atoms with van der Waals surface area (Å²) < 4.78 is 0. The Morgan fingerprint density at radius 2 is 2.19 bits per heavy atom. The van der Waals surface area contributed by atoms with Crippen LogP contribution in [-0.4, -0.2) is 48.7 Å². The van der Waals surface area contributed by atoms with Crippen molar-refractivity contribution in [2.75, 3.05) is 27.2 Å². The number of unbranched alkanes of at least 4 members (excludes halogenated alkanes) is 1. The van der Waals surface area contributed by atoms with Crippen LogP contribution in [0.4, 0.5) is 0 Å². The van der Waals surface area contributed by atoms with Crippen molar-refractivity contribution in [2.45, 2.75) is 38.1 Å². The van der Waals surface area contributed by atoms with E-state index in [0.717, 1.165) is 32.2 Å². The molecule has 0 aromatic rings. The van der Waals surface area contributed by atoms with Crippen molar-refractivity contribution in [3.8, 4) is 0 Å². The zero-order valence-electron chi connectivity index (χ0n) is 10.6. The van der Waals surface area contributed by atoms with E-state index in [2.05, 4.69) is 17.1 Å². The number of nitrogens with one attached hydrogen (secondary N) is 1. The van der Waals surface area contributed by atoms with Crippen LogP contribution in [-0.2, 0) is 4.79 Å². The molecule has 4 nitrogen and oxygen atoms in total. The minimum Gasteiger partial charge on any atom is -0.480 e. The summed E-state index contributed by atoms with van der Waals surface area (Å²) in [5.74, 6) is -0.403. The van der Waals surface area contributed by atoms with Gasteiger partial charge in [-0.1, -0.05) is 13.3 Å². The fourth-order valence-corrected chi connectivity index (χ4v) is 2.27. The number of carboxylic acids is 1. The average Bonchev–Trinajstić information content (AvgIpc) is 3.06. The number of hydrogen-bond acceptors (Lipinski definition) is 3. The molecule has 0 saturated heterocycles. The molecule has 94 valence electrons. The van der Waals surface area contributed by atoms with Gasteiger partial charge >= 0.3 is 5.97 Å². The van der Waals surface area contributed by atoms with Crippen LogP contribution in [0.15, 0.2) is 0 Å². The molecule has 1 atom stereocenters. The topological polar surface area (TPSA) is 52.6 Å². The molecule has 1 unspecified atom stereocenters. The number of rotatable bonds is 8. The molecule has 16 heavy (non-hydrogen) atoms.